The molecule has 0 aromatic rings. The minimum atomic E-state index is -0.444. The lowest BCUT2D eigenvalue weighted by molar-refractivity contribution is -0.143. The number of carbonyl (C=O) groups excluding carboxylic acids is 2. The fourth-order valence-electron chi connectivity index (χ4n) is 1.53. The van der Waals surface area contributed by atoms with Crippen molar-refractivity contribution in [1.82, 2.24) is 4.90 Å². The van der Waals surface area contributed by atoms with Crippen LogP contribution in [0.25, 0.3) is 0 Å². The van der Waals surface area contributed by atoms with Gasteiger partial charge in [-0.2, -0.15) is 5.26 Å². The molecule has 1 heterocycles. The lowest BCUT2D eigenvalue weighted by Crippen LogP contribution is -2.43. The Morgan fingerprint density at radius 3 is 2.53 bits per heavy atom. The van der Waals surface area contributed by atoms with Crippen LogP contribution in [0.5, 0.6) is 0 Å². The molecular weight excluding hydrogens is 192 g/mol. The van der Waals surface area contributed by atoms with Gasteiger partial charge in [0.2, 0.25) is 5.91 Å². The van der Waals surface area contributed by atoms with Crippen molar-refractivity contribution in [2.24, 2.45) is 5.92 Å². The molecule has 80 valence electrons. The topological polar surface area (TPSA) is 61.2 Å². The van der Waals surface area contributed by atoms with Crippen LogP contribution >= 0.6 is 0 Å². The van der Waals surface area contributed by atoms with Crippen LogP contribution < -0.4 is 0 Å². The maximum Gasteiger partial charge on any atom is 0.271 e. The molecule has 1 aliphatic rings. The molecule has 0 N–H and O–H groups in total. The highest BCUT2D eigenvalue weighted by atomic mass is 16.2. The number of hydrogen-bond acceptors (Lipinski definition) is 3. The molecule has 0 aromatic heterocycles. The van der Waals surface area contributed by atoms with Gasteiger partial charge in [0.1, 0.15) is 11.6 Å². The molecule has 1 aliphatic heterocycles. The summed E-state index contributed by atoms with van der Waals surface area (Å²) in [6.07, 6.45) is 0.182. The van der Waals surface area contributed by atoms with Crippen molar-refractivity contribution >= 4 is 11.8 Å². The van der Waals surface area contributed by atoms with Crippen molar-refractivity contribution in [3.8, 4) is 6.07 Å². The fraction of sp³-hybridized carbons (Fsp3) is 0.545. The van der Waals surface area contributed by atoms with Crippen LogP contribution in [0.3, 0.4) is 0 Å². The van der Waals surface area contributed by atoms with Crippen LogP contribution in [-0.2, 0) is 9.59 Å². The number of amides is 2. The zero-order chi connectivity index (χ0) is 11.6. The standard InChI is InChI=1S/C11H14N2O2/c1-7(2)6-13-10(14)4-8(3)9(5-12)11(13)15/h7H,4,6H2,1-3H3. The van der Waals surface area contributed by atoms with E-state index in [-0.39, 0.29) is 23.8 Å². The molecule has 15 heavy (non-hydrogen) atoms. The van der Waals surface area contributed by atoms with Gasteiger partial charge in [-0.3, -0.25) is 14.5 Å². The first-order valence-electron chi connectivity index (χ1n) is 4.92. The van der Waals surface area contributed by atoms with Gasteiger partial charge >= 0.3 is 0 Å². The van der Waals surface area contributed by atoms with E-state index in [1.54, 1.807) is 6.92 Å². The van der Waals surface area contributed by atoms with Crippen LogP contribution in [0.15, 0.2) is 11.1 Å². The summed E-state index contributed by atoms with van der Waals surface area (Å²) in [4.78, 5) is 24.5. The van der Waals surface area contributed by atoms with E-state index in [1.807, 2.05) is 19.9 Å². The molecular formula is C11H14N2O2. The van der Waals surface area contributed by atoms with Gasteiger partial charge in [0.15, 0.2) is 0 Å². The molecule has 0 unspecified atom stereocenters. The summed E-state index contributed by atoms with van der Waals surface area (Å²) in [5.74, 6) is -0.429. The summed E-state index contributed by atoms with van der Waals surface area (Å²) in [5, 5.41) is 8.80. The average molecular weight is 206 g/mol. The van der Waals surface area contributed by atoms with Crippen LogP contribution in [-0.4, -0.2) is 23.3 Å². The molecule has 0 aromatic carbocycles. The van der Waals surface area contributed by atoms with E-state index in [4.69, 9.17) is 5.26 Å². The van der Waals surface area contributed by atoms with Crippen molar-refractivity contribution in [2.75, 3.05) is 6.54 Å². The predicted octanol–water partition coefficient (Wildman–Crippen LogP) is 1.24. The van der Waals surface area contributed by atoms with Crippen molar-refractivity contribution in [1.29, 1.82) is 5.26 Å². The number of rotatable bonds is 2. The lowest BCUT2D eigenvalue weighted by Gasteiger charge is -2.26. The van der Waals surface area contributed by atoms with Gasteiger partial charge in [-0.05, 0) is 18.4 Å². The SMILES string of the molecule is CC1=C(C#N)C(=O)N(CC(C)C)C(=O)C1. The van der Waals surface area contributed by atoms with Crippen molar-refractivity contribution in [3.63, 3.8) is 0 Å². The van der Waals surface area contributed by atoms with Crippen LogP contribution in [0, 0.1) is 17.2 Å². The first-order chi connectivity index (χ1) is 6.97. The second-order valence-electron chi connectivity index (χ2n) is 4.15. The number of carbonyl (C=O) groups is 2. The molecule has 4 heteroatoms. The minimum Gasteiger partial charge on any atom is -0.277 e. The van der Waals surface area contributed by atoms with Gasteiger partial charge in [-0.1, -0.05) is 13.8 Å². The summed E-state index contributed by atoms with van der Waals surface area (Å²) in [6, 6.07) is 1.86. The second-order valence-corrected chi connectivity index (χ2v) is 4.15. The van der Waals surface area contributed by atoms with Gasteiger partial charge in [0.25, 0.3) is 5.91 Å². The predicted molar refractivity (Wildman–Crippen MR) is 54.5 cm³/mol. The highest BCUT2D eigenvalue weighted by molar-refractivity contribution is 6.10. The summed E-state index contributed by atoms with van der Waals surface area (Å²) in [6.45, 7) is 5.90. The van der Waals surface area contributed by atoms with Crippen molar-refractivity contribution in [3.05, 3.63) is 11.1 Å². The van der Waals surface area contributed by atoms with Crippen LogP contribution in [0.2, 0.25) is 0 Å². The van der Waals surface area contributed by atoms with Gasteiger partial charge in [0, 0.05) is 13.0 Å². The van der Waals surface area contributed by atoms with Crippen molar-refractivity contribution in [2.45, 2.75) is 27.2 Å². The number of imide groups is 1. The second kappa shape index (κ2) is 4.26. The lowest BCUT2D eigenvalue weighted by atomic mass is 10.00. The zero-order valence-electron chi connectivity index (χ0n) is 9.20. The Hall–Kier alpha value is -1.63. The van der Waals surface area contributed by atoms with E-state index in [2.05, 4.69) is 0 Å². The quantitative estimate of drug-likeness (QED) is 0.638. The summed E-state index contributed by atoms with van der Waals surface area (Å²) < 4.78 is 0. The number of nitriles is 1. The van der Waals surface area contributed by atoms with E-state index < -0.39 is 5.91 Å². The van der Waals surface area contributed by atoms with Crippen LogP contribution in [0.4, 0.5) is 0 Å². The molecule has 0 bridgehead atoms. The summed E-state index contributed by atoms with van der Waals surface area (Å²) in [5.41, 5.74) is 0.697. The first-order valence-corrected chi connectivity index (χ1v) is 4.92. The fourth-order valence-corrected chi connectivity index (χ4v) is 1.53. The molecule has 0 atom stereocenters. The van der Waals surface area contributed by atoms with E-state index in [0.717, 1.165) is 0 Å². The number of hydrogen-bond donors (Lipinski definition) is 0. The Morgan fingerprint density at radius 1 is 1.47 bits per heavy atom. The molecule has 1 rings (SSSR count). The Morgan fingerprint density at radius 2 is 2.07 bits per heavy atom. The van der Waals surface area contributed by atoms with Gasteiger partial charge < -0.3 is 0 Å². The van der Waals surface area contributed by atoms with E-state index in [1.165, 1.54) is 4.90 Å². The largest absolute Gasteiger partial charge is 0.277 e. The first kappa shape index (κ1) is 11.4. The molecule has 0 aliphatic carbocycles. The Bertz CT molecular complexity index is 375. The summed E-state index contributed by atoms with van der Waals surface area (Å²) in [7, 11) is 0. The molecule has 4 nitrogen and oxygen atoms in total. The smallest absolute Gasteiger partial charge is 0.271 e. The highest BCUT2D eigenvalue weighted by Crippen LogP contribution is 2.20. The van der Waals surface area contributed by atoms with E-state index in [0.29, 0.717) is 12.1 Å². The molecule has 0 saturated heterocycles. The Balaban J connectivity index is 3.00. The third-order valence-electron chi connectivity index (χ3n) is 2.26. The third-order valence-corrected chi connectivity index (χ3v) is 2.26. The normalized spacial score (nSPS) is 17.4. The third kappa shape index (κ3) is 2.24. The zero-order valence-corrected chi connectivity index (χ0v) is 9.20. The van der Waals surface area contributed by atoms with E-state index >= 15 is 0 Å². The van der Waals surface area contributed by atoms with Gasteiger partial charge in [0.05, 0.1) is 0 Å². The van der Waals surface area contributed by atoms with Crippen LogP contribution in [0.1, 0.15) is 27.2 Å². The Kier molecular flexibility index (Phi) is 3.25. The molecule has 0 radical (unpaired) electrons. The summed E-state index contributed by atoms with van der Waals surface area (Å²) >= 11 is 0. The molecule has 2 amide bonds. The van der Waals surface area contributed by atoms with Gasteiger partial charge in [-0.15, -0.1) is 0 Å². The maximum atomic E-state index is 11.7. The highest BCUT2D eigenvalue weighted by Gasteiger charge is 2.31. The minimum absolute atomic E-state index is 0.121. The van der Waals surface area contributed by atoms with Gasteiger partial charge in [-0.25, -0.2) is 0 Å². The average Bonchev–Trinajstić information content (AvgIpc) is 2.12. The van der Waals surface area contributed by atoms with Crippen molar-refractivity contribution < 1.29 is 9.59 Å². The maximum absolute atomic E-state index is 11.7. The van der Waals surface area contributed by atoms with E-state index in [9.17, 15) is 9.59 Å². The monoisotopic (exact) mass is 206 g/mol. The number of nitrogens with zero attached hydrogens (tertiary/aromatic N) is 2. The molecule has 0 saturated carbocycles. The Labute approximate surface area is 89.2 Å². The molecule has 0 spiro atoms. The molecule has 0 fully saturated rings.